The van der Waals surface area contributed by atoms with Crippen molar-refractivity contribution < 1.29 is 19.2 Å². The molecule has 3 amide bonds. The van der Waals surface area contributed by atoms with Crippen molar-refractivity contribution in [2.45, 2.75) is 56.8 Å². The minimum absolute atomic E-state index is 0.0554. The number of aryl methyl sites for hydroxylation is 1. The second-order valence-corrected chi connectivity index (χ2v) is 12.0. The molecule has 2 fully saturated rings. The second kappa shape index (κ2) is 11.5. The SMILES string of the molecule is N=C(N)c1ccc2c(c1)CN(C(=O)C1CCC3CN(C(=O)CCc4ccccc4)CC(=O)N31)C(C(=O)c1nccs1)C2. The van der Waals surface area contributed by atoms with Gasteiger partial charge in [0.2, 0.25) is 23.5 Å². The summed E-state index contributed by atoms with van der Waals surface area (Å²) in [6.45, 7) is 0.514. The Morgan fingerprint density at radius 1 is 1.02 bits per heavy atom. The van der Waals surface area contributed by atoms with Crippen molar-refractivity contribution in [1.82, 2.24) is 19.7 Å². The molecule has 3 aliphatic heterocycles. The van der Waals surface area contributed by atoms with Crippen molar-refractivity contribution >= 4 is 40.7 Å². The van der Waals surface area contributed by atoms with Gasteiger partial charge in [0, 0.05) is 43.1 Å². The van der Waals surface area contributed by atoms with Crippen LogP contribution in [0, 0.1) is 5.41 Å². The first-order valence-electron chi connectivity index (χ1n) is 14.1. The Morgan fingerprint density at radius 3 is 2.57 bits per heavy atom. The van der Waals surface area contributed by atoms with Gasteiger partial charge in [0.1, 0.15) is 17.9 Å². The third-order valence-electron chi connectivity index (χ3n) is 8.53. The van der Waals surface area contributed by atoms with Crippen molar-refractivity contribution in [2.24, 2.45) is 5.73 Å². The van der Waals surface area contributed by atoms with Crippen LogP contribution in [0.15, 0.2) is 60.1 Å². The predicted octanol–water partition coefficient (Wildman–Crippen LogP) is 2.40. The van der Waals surface area contributed by atoms with E-state index < -0.39 is 12.1 Å². The molecule has 3 aromatic rings. The van der Waals surface area contributed by atoms with Crippen molar-refractivity contribution in [3.05, 3.63) is 87.4 Å². The topological polar surface area (TPSA) is 141 Å². The maximum atomic E-state index is 14.2. The summed E-state index contributed by atoms with van der Waals surface area (Å²) in [5.74, 6) is -0.881. The number of benzene rings is 2. The summed E-state index contributed by atoms with van der Waals surface area (Å²) in [5.41, 5.74) is 9.09. The molecular weight excluding hydrogens is 552 g/mol. The van der Waals surface area contributed by atoms with Crippen LogP contribution < -0.4 is 5.73 Å². The van der Waals surface area contributed by atoms with Gasteiger partial charge >= 0.3 is 0 Å². The standard InChI is InChI=1S/C31H32N6O4S/c32-29(33)21-8-7-20-15-25(28(40)30-34-12-13-42-30)36(16-22(20)14-21)31(41)24-10-9-23-17-35(18-27(39)37(23)24)26(38)11-6-19-4-2-1-3-5-19/h1-5,7-8,12-14,23-25H,6,9-11,15-18H2,(H3,32,33). The number of carbonyl (C=O) groups excluding carboxylic acids is 4. The molecule has 10 nitrogen and oxygen atoms in total. The van der Waals surface area contributed by atoms with Crippen molar-refractivity contribution in [3.63, 3.8) is 0 Å². The fourth-order valence-electron chi connectivity index (χ4n) is 6.39. The quantitative estimate of drug-likeness (QED) is 0.248. The molecule has 0 aliphatic carbocycles. The van der Waals surface area contributed by atoms with E-state index >= 15 is 0 Å². The Labute approximate surface area is 247 Å². The number of hydrogen-bond donors (Lipinski definition) is 2. The highest BCUT2D eigenvalue weighted by molar-refractivity contribution is 7.11. The van der Waals surface area contributed by atoms with E-state index in [4.69, 9.17) is 11.1 Å². The summed E-state index contributed by atoms with van der Waals surface area (Å²) in [7, 11) is 0. The van der Waals surface area contributed by atoms with E-state index in [-0.39, 0.29) is 48.5 Å². The van der Waals surface area contributed by atoms with Crippen LogP contribution in [0.2, 0.25) is 0 Å². The van der Waals surface area contributed by atoms with Crippen molar-refractivity contribution in [2.75, 3.05) is 13.1 Å². The lowest BCUT2D eigenvalue weighted by Crippen LogP contribution is -2.61. The lowest BCUT2D eigenvalue weighted by Gasteiger charge is -2.42. The Balaban J connectivity index is 1.20. The van der Waals surface area contributed by atoms with E-state index in [1.807, 2.05) is 36.4 Å². The van der Waals surface area contributed by atoms with Gasteiger partial charge in [-0.25, -0.2) is 4.98 Å². The molecule has 0 bridgehead atoms. The minimum atomic E-state index is -0.755. The maximum Gasteiger partial charge on any atom is 0.246 e. The number of piperazine rings is 1. The number of nitrogen functional groups attached to an aromatic ring is 1. The molecule has 0 spiro atoms. The molecule has 0 saturated carbocycles. The largest absolute Gasteiger partial charge is 0.384 e. The molecule has 216 valence electrons. The number of hydrogen-bond acceptors (Lipinski definition) is 7. The average Bonchev–Trinajstić information content (AvgIpc) is 3.70. The van der Waals surface area contributed by atoms with Crippen molar-refractivity contribution in [3.8, 4) is 0 Å². The molecule has 0 radical (unpaired) electrons. The van der Waals surface area contributed by atoms with Gasteiger partial charge < -0.3 is 20.4 Å². The Morgan fingerprint density at radius 2 is 1.83 bits per heavy atom. The number of Topliss-reactive ketones (excluding diaryl/α,β-unsaturated/α-hetero) is 1. The Hall–Kier alpha value is -4.38. The zero-order valence-corrected chi connectivity index (χ0v) is 23.9. The first kappa shape index (κ1) is 27.8. The van der Waals surface area contributed by atoms with Crippen LogP contribution in [-0.2, 0) is 33.8 Å². The van der Waals surface area contributed by atoms with Crippen molar-refractivity contribution in [1.29, 1.82) is 5.41 Å². The summed E-state index contributed by atoms with van der Waals surface area (Å²) in [6.07, 6.45) is 3.88. The fraction of sp³-hybridized carbons (Fsp3) is 0.355. The number of amides is 3. The second-order valence-electron chi connectivity index (χ2n) is 11.1. The number of ketones is 1. The summed E-state index contributed by atoms with van der Waals surface area (Å²) in [5, 5.41) is 9.90. The monoisotopic (exact) mass is 584 g/mol. The molecular formula is C31H32N6O4S. The zero-order valence-electron chi connectivity index (χ0n) is 23.1. The van der Waals surface area contributed by atoms with Crippen LogP contribution in [-0.4, -0.2) is 80.2 Å². The van der Waals surface area contributed by atoms with Gasteiger partial charge in [-0.1, -0.05) is 42.5 Å². The number of fused-ring (bicyclic) bond motifs is 2. The average molecular weight is 585 g/mol. The van der Waals surface area contributed by atoms with E-state index in [1.54, 1.807) is 38.4 Å². The number of nitrogens with two attached hydrogens (primary N) is 1. The number of rotatable bonds is 7. The number of nitrogens with one attached hydrogen (secondary N) is 1. The molecule has 1 aromatic heterocycles. The van der Waals surface area contributed by atoms with Gasteiger partial charge in [-0.05, 0) is 42.0 Å². The van der Waals surface area contributed by atoms with Gasteiger partial charge in [0.25, 0.3) is 0 Å². The van der Waals surface area contributed by atoms with Crippen LogP contribution in [0.4, 0.5) is 0 Å². The summed E-state index contributed by atoms with van der Waals surface area (Å²) in [4.78, 5) is 63.3. The Kier molecular flexibility index (Phi) is 7.59. The molecule has 42 heavy (non-hydrogen) atoms. The fourth-order valence-corrected chi connectivity index (χ4v) is 7.01. The van der Waals surface area contributed by atoms with Crippen LogP contribution in [0.3, 0.4) is 0 Å². The van der Waals surface area contributed by atoms with E-state index in [9.17, 15) is 19.2 Å². The highest BCUT2D eigenvalue weighted by Gasteiger charge is 2.48. The summed E-state index contributed by atoms with van der Waals surface area (Å²) < 4.78 is 0. The molecule has 3 atom stereocenters. The van der Waals surface area contributed by atoms with Crippen LogP contribution in [0.25, 0.3) is 0 Å². The molecule has 3 unspecified atom stereocenters. The van der Waals surface area contributed by atoms with E-state index in [2.05, 4.69) is 4.98 Å². The lowest BCUT2D eigenvalue weighted by molar-refractivity contribution is -0.154. The van der Waals surface area contributed by atoms with E-state index in [1.165, 1.54) is 11.3 Å². The lowest BCUT2D eigenvalue weighted by atomic mass is 9.89. The highest BCUT2D eigenvalue weighted by atomic mass is 32.1. The Bertz CT molecular complexity index is 1540. The number of thiazole rings is 1. The minimum Gasteiger partial charge on any atom is -0.384 e. The zero-order chi connectivity index (χ0) is 29.4. The number of amidine groups is 1. The van der Waals surface area contributed by atoms with Gasteiger partial charge in [-0.15, -0.1) is 11.3 Å². The first-order valence-corrected chi connectivity index (χ1v) is 15.0. The molecule has 3 aliphatic rings. The smallest absolute Gasteiger partial charge is 0.246 e. The van der Waals surface area contributed by atoms with E-state index in [0.717, 1.165) is 16.7 Å². The normalized spacial score (nSPS) is 21.6. The van der Waals surface area contributed by atoms with Gasteiger partial charge in [0.05, 0.1) is 12.6 Å². The third kappa shape index (κ3) is 5.32. The molecule has 11 heteroatoms. The molecule has 6 rings (SSSR count). The van der Waals surface area contributed by atoms with Gasteiger partial charge in [0.15, 0.2) is 5.01 Å². The van der Waals surface area contributed by atoms with Crippen LogP contribution >= 0.6 is 11.3 Å². The predicted molar refractivity (Wildman–Crippen MR) is 157 cm³/mol. The summed E-state index contributed by atoms with van der Waals surface area (Å²) >= 11 is 1.24. The summed E-state index contributed by atoms with van der Waals surface area (Å²) in [6, 6.07) is 13.5. The first-order chi connectivity index (χ1) is 20.3. The maximum absolute atomic E-state index is 14.2. The third-order valence-corrected chi connectivity index (χ3v) is 9.32. The van der Waals surface area contributed by atoms with Gasteiger partial charge in [-0.3, -0.25) is 24.6 Å². The number of carbonyl (C=O) groups is 4. The number of aromatic nitrogens is 1. The van der Waals surface area contributed by atoms with Gasteiger partial charge in [-0.2, -0.15) is 0 Å². The molecule has 4 heterocycles. The molecule has 2 saturated heterocycles. The highest BCUT2D eigenvalue weighted by Crippen LogP contribution is 2.33. The molecule has 3 N–H and O–H groups in total. The number of nitrogens with zero attached hydrogens (tertiary/aromatic N) is 4. The van der Waals surface area contributed by atoms with E-state index in [0.29, 0.717) is 49.2 Å². The molecule has 2 aromatic carbocycles. The van der Waals surface area contributed by atoms with Crippen LogP contribution in [0.5, 0.6) is 0 Å². The van der Waals surface area contributed by atoms with Crippen LogP contribution in [0.1, 0.15) is 51.3 Å².